The molecule has 0 fully saturated rings. The third-order valence-electron chi connectivity index (χ3n) is 1.79. The minimum atomic E-state index is -0.417. The molecule has 0 aliphatic heterocycles. The number of rotatable bonds is 5. The summed E-state index contributed by atoms with van der Waals surface area (Å²) in [6.07, 6.45) is 0.227. The molecule has 0 amide bonds. The zero-order valence-electron chi connectivity index (χ0n) is 10.4. The van der Waals surface area contributed by atoms with Crippen LogP contribution in [0.3, 0.4) is 0 Å². The van der Waals surface area contributed by atoms with Gasteiger partial charge in [0, 0.05) is 28.4 Å². The first kappa shape index (κ1) is 16.3. The van der Waals surface area contributed by atoms with Gasteiger partial charge < -0.3 is 18.9 Å². The van der Waals surface area contributed by atoms with Crippen LogP contribution >= 0.6 is 0 Å². The number of hydrogen-bond donors (Lipinski definition) is 0. The minimum absolute atomic E-state index is 0.227. The van der Waals surface area contributed by atoms with Gasteiger partial charge in [-0.1, -0.05) is 0 Å². The molecule has 0 bridgehead atoms. The zero-order valence-corrected chi connectivity index (χ0v) is 10.4. The maximum absolute atomic E-state index is 4.87. The van der Waals surface area contributed by atoms with Gasteiger partial charge >= 0.3 is 0 Å². The van der Waals surface area contributed by atoms with Crippen molar-refractivity contribution in [2.24, 2.45) is 0 Å². The summed E-state index contributed by atoms with van der Waals surface area (Å²) in [4.78, 5) is 0. The summed E-state index contributed by atoms with van der Waals surface area (Å²) in [6, 6.07) is 0. The van der Waals surface area contributed by atoms with E-state index in [9.17, 15) is 0 Å². The first-order chi connectivity index (χ1) is 6.43. The Hall–Kier alpha value is -0.160. The molecule has 1 unspecified atom stereocenters. The van der Waals surface area contributed by atoms with Gasteiger partial charge in [0.15, 0.2) is 5.79 Å². The van der Waals surface area contributed by atoms with Crippen molar-refractivity contribution in [1.82, 2.24) is 0 Å². The van der Waals surface area contributed by atoms with Crippen LogP contribution in [0.5, 0.6) is 0 Å². The molecule has 1 atom stereocenters. The van der Waals surface area contributed by atoms with E-state index in [4.69, 9.17) is 18.9 Å². The van der Waals surface area contributed by atoms with Crippen molar-refractivity contribution in [2.75, 3.05) is 35.0 Å². The van der Waals surface area contributed by atoms with Crippen molar-refractivity contribution < 1.29 is 18.9 Å². The molecule has 0 aliphatic carbocycles. The summed E-state index contributed by atoms with van der Waals surface area (Å²) in [5.41, 5.74) is 0. The Morgan fingerprint density at radius 3 is 1.50 bits per heavy atom. The lowest BCUT2D eigenvalue weighted by Gasteiger charge is -2.19. The Morgan fingerprint density at radius 2 is 1.43 bits per heavy atom. The first-order valence-corrected chi connectivity index (χ1v) is 4.55. The van der Waals surface area contributed by atoms with Crippen LogP contribution < -0.4 is 0 Å². The molecule has 14 heavy (non-hydrogen) atoms. The summed E-state index contributed by atoms with van der Waals surface area (Å²) < 4.78 is 19.4. The van der Waals surface area contributed by atoms with Crippen LogP contribution in [-0.2, 0) is 18.9 Å². The molecule has 0 spiro atoms. The van der Waals surface area contributed by atoms with Crippen LogP contribution in [0, 0.1) is 0 Å². The molecule has 0 saturated carbocycles. The van der Waals surface area contributed by atoms with Crippen LogP contribution in [0.15, 0.2) is 0 Å². The highest BCUT2D eigenvalue weighted by atomic mass is 16.7. The van der Waals surface area contributed by atoms with Gasteiger partial charge in [0.05, 0.1) is 12.7 Å². The molecular formula is C10H24O4. The van der Waals surface area contributed by atoms with Gasteiger partial charge in [-0.2, -0.15) is 0 Å². The quantitative estimate of drug-likeness (QED) is 0.644. The molecule has 0 aromatic carbocycles. The standard InChI is InChI=1S/2C5H12O2/c1-5(7-3)4-6-2;1-5(2,6-3)7-4/h5H,4H2,1-3H3;1-4H3. The van der Waals surface area contributed by atoms with E-state index in [2.05, 4.69) is 0 Å². The Kier molecular flexibility index (Phi) is 10.9. The average Bonchev–Trinajstić information content (AvgIpc) is 2.19. The van der Waals surface area contributed by atoms with Gasteiger partial charge in [-0.05, 0) is 20.8 Å². The SMILES string of the molecule is COC(C)(C)OC.COCC(C)OC. The summed E-state index contributed by atoms with van der Waals surface area (Å²) >= 11 is 0. The monoisotopic (exact) mass is 208 g/mol. The van der Waals surface area contributed by atoms with E-state index in [1.807, 2.05) is 20.8 Å². The highest BCUT2D eigenvalue weighted by Gasteiger charge is 2.11. The molecule has 88 valence electrons. The van der Waals surface area contributed by atoms with Gasteiger partial charge in [-0.25, -0.2) is 0 Å². The van der Waals surface area contributed by atoms with Gasteiger partial charge in [-0.3, -0.25) is 0 Å². The second kappa shape index (κ2) is 9.40. The molecular weight excluding hydrogens is 184 g/mol. The normalized spacial score (nSPS) is 13.1. The summed E-state index contributed by atoms with van der Waals surface area (Å²) in [6.45, 7) is 6.35. The van der Waals surface area contributed by atoms with E-state index in [1.165, 1.54) is 0 Å². The third kappa shape index (κ3) is 11.8. The smallest absolute Gasteiger partial charge is 0.161 e. The molecule has 4 heteroatoms. The number of ether oxygens (including phenoxy) is 4. The first-order valence-electron chi connectivity index (χ1n) is 4.55. The van der Waals surface area contributed by atoms with Crippen molar-refractivity contribution >= 4 is 0 Å². The highest BCUT2D eigenvalue weighted by Crippen LogP contribution is 2.05. The second-order valence-corrected chi connectivity index (χ2v) is 3.31. The van der Waals surface area contributed by atoms with Crippen LogP contribution in [0.1, 0.15) is 20.8 Å². The van der Waals surface area contributed by atoms with Crippen molar-refractivity contribution in [2.45, 2.75) is 32.7 Å². The van der Waals surface area contributed by atoms with E-state index in [1.54, 1.807) is 28.4 Å². The van der Waals surface area contributed by atoms with Crippen LogP contribution in [0.2, 0.25) is 0 Å². The van der Waals surface area contributed by atoms with Crippen molar-refractivity contribution in [3.63, 3.8) is 0 Å². The van der Waals surface area contributed by atoms with E-state index in [0.29, 0.717) is 6.61 Å². The molecule has 0 aliphatic rings. The Bertz CT molecular complexity index is 109. The molecule has 0 rings (SSSR count). The lowest BCUT2D eigenvalue weighted by Crippen LogP contribution is -2.24. The largest absolute Gasteiger partial charge is 0.382 e. The predicted octanol–water partition coefficient (Wildman–Crippen LogP) is 1.68. The average molecular weight is 208 g/mol. The van der Waals surface area contributed by atoms with Gasteiger partial charge in [0.1, 0.15) is 0 Å². The van der Waals surface area contributed by atoms with Crippen LogP contribution in [0.4, 0.5) is 0 Å². The lowest BCUT2D eigenvalue weighted by molar-refractivity contribution is -0.178. The minimum Gasteiger partial charge on any atom is -0.382 e. The van der Waals surface area contributed by atoms with Gasteiger partial charge in [0.25, 0.3) is 0 Å². The number of hydrogen-bond acceptors (Lipinski definition) is 4. The Labute approximate surface area is 87.5 Å². The van der Waals surface area contributed by atoms with Gasteiger partial charge in [-0.15, -0.1) is 0 Å². The maximum atomic E-state index is 4.87. The number of methoxy groups -OCH3 is 4. The molecule has 0 heterocycles. The molecule has 0 radical (unpaired) electrons. The topological polar surface area (TPSA) is 36.9 Å². The van der Waals surface area contributed by atoms with E-state index in [-0.39, 0.29) is 6.10 Å². The molecule has 0 aromatic rings. The summed E-state index contributed by atoms with van der Waals surface area (Å²) in [7, 11) is 6.56. The fourth-order valence-corrected chi connectivity index (χ4v) is 0.386. The van der Waals surface area contributed by atoms with Crippen molar-refractivity contribution in [3.8, 4) is 0 Å². The molecule has 0 N–H and O–H groups in total. The lowest BCUT2D eigenvalue weighted by atomic mass is 10.4. The maximum Gasteiger partial charge on any atom is 0.161 e. The summed E-state index contributed by atoms with van der Waals surface area (Å²) in [5, 5.41) is 0. The van der Waals surface area contributed by atoms with Crippen LogP contribution in [-0.4, -0.2) is 46.9 Å². The van der Waals surface area contributed by atoms with Crippen molar-refractivity contribution in [1.29, 1.82) is 0 Å². The molecule has 0 saturated heterocycles. The van der Waals surface area contributed by atoms with E-state index in [0.717, 1.165) is 0 Å². The molecule has 4 nitrogen and oxygen atoms in total. The zero-order chi connectivity index (χ0) is 11.6. The Morgan fingerprint density at radius 1 is 1.00 bits per heavy atom. The van der Waals surface area contributed by atoms with E-state index < -0.39 is 5.79 Å². The van der Waals surface area contributed by atoms with Crippen LogP contribution in [0.25, 0.3) is 0 Å². The second-order valence-electron chi connectivity index (χ2n) is 3.31. The Balaban J connectivity index is 0. The molecule has 0 aromatic heterocycles. The summed E-state index contributed by atoms with van der Waals surface area (Å²) in [5.74, 6) is -0.417. The highest BCUT2D eigenvalue weighted by molar-refractivity contribution is 4.47. The third-order valence-corrected chi connectivity index (χ3v) is 1.79. The predicted molar refractivity (Wildman–Crippen MR) is 56.4 cm³/mol. The van der Waals surface area contributed by atoms with Gasteiger partial charge in [0.2, 0.25) is 0 Å². The fraction of sp³-hybridized carbons (Fsp3) is 1.00. The van der Waals surface area contributed by atoms with Crippen molar-refractivity contribution in [3.05, 3.63) is 0 Å². The van der Waals surface area contributed by atoms with E-state index >= 15 is 0 Å². The fourth-order valence-electron chi connectivity index (χ4n) is 0.386.